The monoisotopic (exact) mass is 318 g/mol. The number of hydrogen-bond donors (Lipinski definition) is 2. The summed E-state index contributed by atoms with van der Waals surface area (Å²) in [6.45, 7) is 2.26. The summed E-state index contributed by atoms with van der Waals surface area (Å²) in [5, 5.41) is 5.93. The van der Waals surface area contributed by atoms with E-state index in [4.69, 9.17) is 0 Å². The first kappa shape index (κ1) is 13.6. The van der Waals surface area contributed by atoms with Gasteiger partial charge in [-0.3, -0.25) is 4.79 Å². The van der Waals surface area contributed by atoms with Gasteiger partial charge in [0.2, 0.25) is 5.91 Å². The average Bonchev–Trinajstić information content (AvgIpc) is 2.39. The number of amides is 1. The molecule has 0 bridgehead atoms. The minimum Gasteiger partial charge on any atom is -0.375 e. The molecule has 2 rings (SSSR count). The molecule has 0 fully saturated rings. The third-order valence-electron chi connectivity index (χ3n) is 2.62. The van der Waals surface area contributed by atoms with Gasteiger partial charge in [0.05, 0.1) is 6.54 Å². The predicted molar refractivity (Wildman–Crippen MR) is 82.4 cm³/mol. The van der Waals surface area contributed by atoms with Gasteiger partial charge in [-0.1, -0.05) is 24.3 Å². The lowest BCUT2D eigenvalue weighted by Crippen LogP contribution is -2.21. The standard InChI is InChI=1S/C15H15BrN2O/c1-11-7-8-14(13(16)9-11)17-10-15(19)18-12-5-3-2-4-6-12/h2-9,17H,10H2,1H3,(H,18,19). The van der Waals surface area contributed by atoms with E-state index in [1.807, 2.05) is 55.5 Å². The zero-order chi connectivity index (χ0) is 13.7. The third-order valence-corrected chi connectivity index (χ3v) is 3.28. The minimum absolute atomic E-state index is 0.0707. The Bertz CT molecular complexity index is 570. The first-order valence-corrected chi connectivity index (χ1v) is 6.79. The summed E-state index contributed by atoms with van der Waals surface area (Å²) in [5.41, 5.74) is 2.89. The van der Waals surface area contributed by atoms with Crippen molar-refractivity contribution < 1.29 is 4.79 Å². The average molecular weight is 319 g/mol. The molecule has 0 aliphatic heterocycles. The van der Waals surface area contributed by atoms with Crippen LogP contribution in [0.1, 0.15) is 5.56 Å². The number of hydrogen-bond acceptors (Lipinski definition) is 2. The van der Waals surface area contributed by atoms with Crippen LogP contribution in [0.15, 0.2) is 53.0 Å². The second-order valence-electron chi connectivity index (χ2n) is 4.25. The zero-order valence-electron chi connectivity index (χ0n) is 10.6. The molecule has 2 aromatic carbocycles. The van der Waals surface area contributed by atoms with E-state index >= 15 is 0 Å². The van der Waals surface area contributed by atoms with Crippen molar-refractivity contribution in [3.63, 3.8) is 0 Å². The Hall–Kier alpha value is -1.81. The van der Waals surface area contributed by atoms with Crippen LogP contribution in [0.2, 0.25) is 0 Å². The fourth-order valence-electron chi connectivity index (χ4n) is 1.67. The first-order valence-electron chi connectivity index (χ1n) is 6.00. The lowest BCUT2D eigenvalue weighted by molar-refractivity contribution is -0.114. The third kappa shape index (κ3) is 4.10. The Morgan fingerprint density at radius 2 is 1.89 bits per heavy atom. The second kappa shape index (κ2) is 6.38. The molecule has 0 unspecified atom stereocenters. The van der Waals surface area contributed by atoms with Crippen LogP contribution in [0.25, 0.3) is 0 Å². The number of halogens is 1. The molecule has 0 saturated heterocycles. The molecule has 0 atom stereocenters. The Kier molecular flexibility index (Phi) is 4.58. The summed E-state index contributed by atoms with van der Waals surface area (Å²) in [4.78, 5) is 11.8. The number of benzene rings is 2. The largest absolute Gasteiger partial charge is 0.375 e. The lowest BCUT2D eigenvalue weighted by Gasteiger charge is -2.09. The topological polar surface area (TPSA) is 41.1 Å². The maximum atomic E-state index is 11.8. The molecule has 0 spiro atoms. The van der Waals surface area contributed by atoms with Crippen molar-refractivity contribution in [1.29, 1.82) is 0 Å². The van der Waals surface area contributed by atoms with Gasteiger partial charge in [-0.15, -0.1) is 0 Å². The molecule has 19 heavy (non-hydrogen) atoms. The summed E-state index contributed by atoms with van der Waals surface area (Å²) in [6, 6.07) is 15.4. The van der Waals surface area contributed by atoms with Gasteiger partial charge in [-0.05, 0) is 52.7 Å². The zero-order valence-corrected chi connectivity index (χ0v) is 12.2. The van der Waals surface area contributed by atoms with E-state index in [9.17, 15) is 4.79 Å². The van der Waals surface area contributed by atoms with Crippen LogP contribution >= 0.6 is 15.9 Å². The fraction of sp³-hybridized carbons (Fsp3) is 0.133. The molecule has 2 aromatic rings. The molecule has 0 saturated carbocycles. The van der Waals surface area contributed by atoms with Crippen molar-refractivity contribution in [3.05, 3.63) is 58.6 Å². The SMILES string of the molecule is Cc1ccc(NCC(=O)Nc2ccccc2)c(Br)c1. The molecule has 0 heterocycles. The molecule has 0 aliphatic carbocycles. The molecule has 98 valence electrons. The Labute approximate surface area is 121 Å². The number of nitrogens with one attached hydrogen (secondary N) is 2. The summed E-state index contributed by atoms with van der Waals surface area (Å²) in [5.74, 6) is -0.0707. The Morgan fingerprint density at radius 3 is 2.58 bits per heavy atom. The van der Waals surface area contributed by atoms with Crippen molar-refractivity contribution in [3.8, 4) is 0 Å². The molecule has 1 amide bonds. The predicted octanol–water partition coefficient (Wildman–Crippen LogP) is 3.81. The van der Waals surface area contributed by atoms with Crippen LogP contribution in [-0.4, -0.2) is 12.5 Å². The van der Waals surface area contributed by atoms with E-state index in [1.54, 1.807) is 0 Å². The highest BCUT2D eigenvalue weighted by Crippen LogP contribution is 2.23. The summed E-state index contributed by atoms with van der Waals surface area (Å²) >= 11 is 3.47. The number of para-hydroxylation sites is 1. The number of carbonyl (C=O) groups excluding carboxylic acids is 1. The Morgan fingerprint density at radius 1 is 1.16 bits per heavy atom. The minimum atomic E-state index is -0.0707. The first-order chi connectivity index (χ1) is 9.15. The van der Waals surface area contributed by atoms with Gasteiger partial charge in [-0.2, -0.15) is 0 Å². The fourth-order valence-corrected chi connectivity index (χ4v) is 2.30. The van der Waals surface area contributed by atoms with Crippen LogP contribution in [0.3, 0.4) is 0 Å². The van der Waals surface area contributed by atoms with Crippen molar-refractivity contribution in [2.75, 3.05) is 17.2 Å². The highest BCUT2D eigenvalue weighted by Gasteiger charge is 2.04. The summed E-state index contributed by atoms with van der Waals surface area (Å²) in [6.07, 6.45) is 0. The van der Waals surface area contributed by atoms with E-state index in [0.717, 1.165) is 15.8 Å². The van der Waals surface area contributed by atoms with E-state index in [1.165, 1.54) is 5.56 Å². The van der Waals surface area contributed by atoms with Crippen LogP contribution < -0.4 is 10.6 Å². The molecule has 2 N–H and O–H groups in total. The Balaban J connectivity index is 1.90. The molecular weight excluding hydrogens is 304 g/mol. The summed E-state index contributed by atoms with van der Waals surface area (Å²) in [7, 11) is 0. The highest BCUT2D eigenvalue weighted by molar-refractivity contribution is 9.10. The van der Waals surface area contributed by atoms with Crippen molar-refractivity contribution in [1.82, 2.24) is 0 Å². The molecule has 0 aromatic heterocycles. The number of aryl methyl sites for hydroxylation is 1. The normalized spacial score (nSPS) is 10.0. The van der Waals surface area contributed by atoms with Gasteiger partial charge in [0, 0.05) is 15.8 Å². The quantitative estimate of drug-likeness (QED) is 0.900. The van der Waals surface area contributed by atoms with Gasteiger partial charge in [0.15, 0.2) is 0 Å². The maximum Gasteiger partial charge on any atom is 0.243 e. The second-order valence-corrected chi connectivity index (χ2v) is 5.11. The van der Waals surface area contributed by atoms with Gasteiger partial charge < -0.3 is 10.6 Å². The van der Waals surface area contributed by atoms with Gasteiger partial charge >= 0.3 is 0 Å². The lowest BCUT2D eigenvalue weighted by atomic mass is 10.2. The molecule has 0 radical (unpaired) electrons. The van der Waals surface area contributed by atoms with Crippen molar-refractivity contribution in [2.45, 2.75) is 6.92 Å². The van der Waals surface area contributed by atoms with E-state index in [-0.39, 0.29) is 12.5 Å². The number of anilines is 2. The van der Waals surface area contributed by atoms with Crippen LogP contribution in [0.4, 0.5) is 11.4 Å². The molecule has 0 aliphatic rings. The van der Waals surface area contributed by atoms with Gasteiger partial charge in [-0.25, -0.2) is 0 Å². The van der Waals surface area contributed by atoms with E-state index in [0.29, 0.717) is 0 Å². The van der Waals surface area contributed by atoms with Crippen molar-refractivity contribution in [2.24, 2.45) is 0 Å². The highest BCUT2D eigenvalue weighted by atomic mass is 79.9. The van der Waals surface area contributed by atoms with Crippen LogP contribution in [0, 0.1) is 6.92 Å². The van der Waals surface area contributed by atoms with Crippen LogP contribution in [0.5, 0.6) is 0 Å². The maximum absolute atomic E-state index is 11.8. The molecular formula is C15H15BrN2O. The number of carbonyl (C=O) groups is 1. The van der Waals surface area contributed by atoms with Crippen molar-refractivity contribution >= 4 is 33.2 Å². The van der Waals surface area contributed by atoms with E-state index < -0.39 is 0 Å². The number of rotatable bonds is 4. The van der Waals surface area contributed by atoms with E-state index in [2.05, 4.69) is 26.6 Å². The molecule has 3 nitrogen and oxygen atoms in total. The molecule has 4 heteroatoms. The van der Waals surface area contributed by atoms with Crippen LogP contribution in [-0.2, 0) is 4.79 Å². The smallest absolute Gasteiger partial charge is 0.243 e. The van der Waals surface area contributed by atoms with Gasteiger partial charge in [0.1, 0.15) is 0 Å². The summed E-state index contributed by atoms with van der Waals surface area (Å²) < 4.78 is 0.958. The van der Waals surface area contributed by atoms with Gasteiger partial charge in [0.25, 0.3) is 0 Å².